The normalized spacial score (nSPS) is 13.0. The first kappa shape index (κ1) is 15.1. The lowest BCUT2D eigenvalue weighted by Crippen LogP contribution is -2.22. The third-order valence-corrected chi connectivity index (χ3v) is 4.83. The molecular weight excluding hydrogens is 302 g/mol. The van der Waals surface area contributed by atoms with E-state index in [0.29, 0.717) is 6.54 Å². The Kier molecular flexibility index (Phi) is 4.18. The van der Waals surface area contributed by atoms with Gasteiger partial charge in [-0.05, 0) is 43.8 Å². The van der Waals surface area contributed by atoms with Gasteiger partial charge in [0, 0.05) is 6.04 Å². The molecule has 0 saturated heterocycles. The minimum absolute atomic E-state index is 0.0258. The van der Waals surface area contributed by atoms with Crippen molar-refractivity contribution in [3.05, 3.63) is 64.7 Å². The summed E-state index contributed by atoms with van der Waals surface area (Å²) in [6.45, 7) is 2.64. The molecule has 1 heterocycles. The fourth-order valence-corrected chi connectivity index (χ4v) is 3.40. The number of nitrogens with zero attached hydrogens (tertiary/aromatic N) is 2. The Balaban J connectivity index is 1.77. The van der Waals surface area contributed by atoms with Crippen molar-refractivity contribution in [3.63, 3.8) is 0 Å². The number of rotatable bonds is 4. The molecule has 0 saturated carbocycles. The summed E-state index contributed by atoms with van der Waals surface area (Å²) in [4.78, 5) is 6.68. The summed E-state index contributed by atoms with van der Waals surface area (Å²) in [5.74, 6) is -1.62. The lowest BCUT2D eigenvalue weighted by atomic mass is 10.1. The van der Waals surface area contributed by atoms with Crippen LogP contribution in [0.5, 0.6) is 0 Å². The molecule has 0 amide bonds. The second-order valence-corrected chi connectivity index (χ2v) is 6.46. The Morgan fingerprint density at radius 1 is 1.14 bits per heavy atom. The average Bonchev–Trinajstić information content (AvgIpc) is 2.91. The van der Waals surface area contributed by atoms with E-state index in [-0.39, 0.29) is 6.04 Å². The molecule has 22 heavy (non-hydrogen) atoms. The van der Waals surface area contributed by atoms with Crippen molar-refractivity contribution in [1.29, 1.82) is 0 Å². The van der Waals surface area contributed by atoms with E-state index in [1.54, 1.807) is 17.4 Å². The van der Waals surface area contributed by atoms with E-state index < -0.39 is 11.6 Å². The Morgan fingerprint density at radius 3 is 2.64 bits per heavy atom. The average molecular weight is 318 g/mol. The van der Waals surface area contributed by atoms with Crippen molar-refractivity contribution in [1.82, 2.24) is 9.88 Å². The van der Waals surface area contributed by atoms with Crippen LogP contribution in [-0.4, -0.2) is 16.9 Å². The van der Waals surface area contributed by atoms with Crippen molar-refractivity contribution in [2.45, 2.75) is 19.5 Å². The zero-order valence-electron chi connectivity index (χ0n) is 12.4. The van der Waals surface area contributed by atoms with Gasteiger partial charge < -0.3 is 0 Å². The van der Waals surface area contributed by atoms with Gasteiger partial charge in [-0.3, -0.25) is 4.90 Å². The van der Waals surface area contributed by atoms with E-state index in [0.717, 1.165) is 20.8 Å². The summed E-state index contributed by atoms with van der Waals surface area (Å²) in [5.41, 5.74) is 1.75. The molecule has 0 N–H and O–H groups in total. The maximum absolute atomic E-state index is 13.4. The van der Waals surface area contributed by atoms with Crippen molar-refractivity contribution in [3.8, 4) is 0 Å². The van der Waals surface area contributed by atoms with E-state index in [2.05, 4.69) is 16.0 Å². The number of thiazole rings is 1. The second-order valence-electron chi connectivity index (χ2n) is 5.34. The summed E-state index contributed by atoms with van der Waals surface area (Å²) in [5, 5.41) is 1.01. The topological polar surface area (TPSA) is 16.1 Å². The first-order chi connectivity index (χ1) is 10.5. The summed E-state index contributed by atoms with van der Waals surface area (Å²) < 4.78 is 27.6. The highest BCUT2D eigenvalue weighted by atomic mass is 32.1. The molecule has 1 aromatic heterocycles. The SMILES string of the molecule is CC(c1ccc(F)c(F)c1)N(C)Cc1nc2ccccc2s1. The van der Waals surface area contributed by atoms with Crippen LogP contribution in [0.4, 0.5) is 8.78 Å². The first-order valence-corrected chi connectivity index (χ1v) is 7.86. The van der Waals surface area contributed by atoms with Gasteiger partial charge in [0.2, 0.25) is 0 Å². The summed E-state index contributed by atoms with van der Waals surface area (Å²) in [6, 6.07) is 12.0. The van der Waals surface area contributed by atoms with Crippen LogP contribution in [0, 0.1) is 11.6 Å². The first-order valence-electron chi connectivity index (χ1n) is 7.04. The van der Waals surface area contributed by atoms with E-state index in [1.807, 2.05) is 32.2 Å². The molecule has 0 spiro atoms. The van der Waals surface area contributed by atoms with Crippen LogP contribution in [0.2, 0.25) is 0 Å². The molecule has 0 radical (unpaired) electrons. The number of halogens is 2. The van der Waals surface area contributed by atoms with Gasteiger partial charge in [0.1, 0.15) is 5.01 Å². The van der Waals surface area contributed by atoms with Crippen LogP contribution < -0.4 is 0 Å². The molecule has 0 bridgehead atoms. The Hall–Kier alpha value is -1.85. The quantitative estimate of drug-likeness (QED) is 0.689. The predicted octanol–water partition coefficient (Wildman–Crippen LogP) is 4.77. The van der Waals surface area contributed by atoms with Gasteiger partial charge in [0.05, 0.1) is 16.8 Å². The number of hydrogen-bond acceptors (Lipinski definition) is 3. The van der Waals surface area contributed by atoms with Gasteiger partial charge in [-0.15, -0.1) is 11.3 Å². The molecule has 3 aromatic rings. The monoisotopic (exact) mass is 318 g/mol. The molecule has 0 aliphatic heterocycles. The van der Waals surface area contributed by atoms with Crippen LogP contribution in [0.15, 0.2) is 42.5 Å². The van der Waals surface area contributed by atoms with Crippen molar-refractivity contribution in [2.75, 3.05) is 7.05 Å². The van der Waals surface area contributed by atoms with Crippen LogP contribution >= 0.6 is 11.3 Å². The summed E-state index contributed by atoms with van der Waals surface area (Å²) in [6.07, 6.45) is 0. The fourth-order valence-electron chi connectivity index (χ4n) is 2.36. The number of aromatic nitrogens is 1. The van der Waals surface area contributed by atoms with Crippen LogP contribution in [0.25, 0.3) is 10.2 Å². The Bertz CT molecular complexity index is 767. The standard InChI is InChI=1S/C17H16F2N2S/c1-11(12-7-8-13(18)14(19)9-12)21(2)10-17-20-15-5-3-4-6-16(15)22-17/h3-9,11H,10H2,1-2H3. The maximum Gasteiger partial charge on any atom is 0.159 e. The largest absolute Gasteiger partial charge is 0.293 e. The lowest BCUT2D eigenvalue weighted by molar-refractivity contribution is 0.252. The van der Waals surface area contributed by atoms with Gasteiger partial charge in [-0.2, -0.15) is 0 Å². The van der Waals surface area contributed by atoms with Crippen LogP contribution in [-0.2, 0) is 6.54 Å². The third kappa shape index (κ3) is 3.00. The number of fused-ring (bicyclic) bond motifs is 1. The summed E-state index contributed by atoms with van der Waals surface area (Å²) in [7, 11) is 1.96. The highest BCUT2D eigenvalue weighted by Gasteiger charge is 2.15. The molecule has 114 valence electrons. The van der Waals surface area contributed by atoms with Gasteiger partial charge in [-0.25, -0.2) is 13.8 Å². The van der Waals surface area contributed by atoms with Crippen molar-refractivity contribution < 1.29 is 8.78 Å². The highest BCUT2D eigenvalue weighted by molar-refractivity contribution is 7.18. The fraction of sp³-hybridized carbons (Fsp3) is 0.235. The Labute approximate surface area is 132 Å². The zero-order valence-corrected chi connectivity index (χ0v) is 13.2. The number of benzene rings is 2. The molecule has 0 aliphatic carbocycles. The van der Waals surface area contributed by atoms with Gasteiger partial charge in [-0.1, -0.05) is 18.2 Å². The molecule has 2 nitrogen and oxygen atoms in total. The smallest absolute Gasteiger partial charge is 0.159 e. The molecule has 2 aromatic carbocycles. The maximum atomic E-state index is 13.4. The second kappa shape index (κ2) is 6.10. The molecule has 0 fully saturated rings. The molecular formula is C17H16F2N2S. The predicted molar refractivity (Wildman–Crippen MR) is 85.9 cm³/mol. The van der Waals surface area contributed by atoms with Crippen molar-refractivity contribution in [2.24, 2.45) is 0 Å². The molecule has 1 atom stereocenters. The lowest BCUT2D eigenvalue weighted by Gasteiger charge is -2.24. The van der Waals surface area contributed by atoms with Crippen LogP contribution in [0.3, 0.4) is 0 Å². The van der Waals surface area contributed by atoms with Crippen LogP contribution in [0.1, 0.15) is 23.5 Å². The van der Waals surface area contributed by atoms with E-state index in [1.165, 1.54) is 12.1 Å². The Morgan fingerprint density at radius 2 is 1.91 bits per heavy atom. The van der Waals surface area contributed by atoms with Gasteiger partial charge in [0.15, 0.2) is 11.6 Å². The van der Waals surface area contributed by atoms with Gasteiger partial charge in [0.25, 0.3) is 0 Å². The third-order valence-electron chi connectivity index (χ3n) is 3.81. The van der Waals surface area contributed by atoms with E-state index >= 15 is 0 Å². The van der Waals surface area contributed by atoms with E-state index in [9.17, 15) is 8.78 Å². The molecule has 5 heteroatoms. The van der Waals surface area contributed by atoms with Gasteiger partial charge >= 0.3 is 0 Å². The highest BCUT2D eigenvalue weighted by Crippen LogP contribution is 2.26. The molecule has 3 rings (SSSR count). The minimum atomic E-state index is -0.815. The minimum Gasteiger partial charge on any atom is -0.293 e. The zero-order chi connectivity index (χ0) is 15.7. The van der Waals surface area contributed by atoms with E-state index in [4.69, 9.17) is 0 Å². The molecule has 1 unspecified atom stereocenters. The summed E-state index contributed by atoms with van der Waals surface area (Å²) >= 11 is 1.66. The number of para-hydroxylation sites is 1. The molecule has 0 aliphatic rings. The van der Waals surface area contributed by atoms with Crippen molar-refractivity contribution >= 4 is 21.6 Å². The number of hydrogen-bond donors (Lipinski definition) is 0.